The first-order valence-corrected chi connectivity index (χ1v) is 5.20. The minimum atomic E-state index is -1.04. The van der Waals surface area contributed by atoms with E-state index in [9.17, 15) is 14.4 Å². The molecule has 0 fully saturated rings. The molecule has 1 aromatic heterocycles. The molecule has 1 heterocycles. The number of carboxylic acid groups (broad SMARTS) is 1. The number of hydrogen-bond donors (Lipinski definition) is 3. The van der Waals surface area contributed by atoms with Crippen LogP contribution < -0.4 is 10.6 Å². The summed E-state index contributed by atoms with van der Waals surface area (Å²) in [4.78, 5) is 32.4. The molecule has 19 heavy (non-hydrogen) atoms. The van der Waals surface area contributed by atoms with Gasteiger partial charge in [0.1, 0.15) is 18.8 Å². The van der Waals surface area contributed by atoms with Crippen LogP contribution in [0.4, 0.5) is 4.79 Å². The zero-order chi connectivity index (χ0) is 14.3. The topological polar surface area (TPSA) is 135 Å². The molecule has 0 aromatic carbocycles. The third kappa shape index (κ3) is 5.48. The number of hydrogen-bond acceptors (Lipinski definition) is 6. The molecule has 0 bridgehead atoms. The van der Waals surface area contributed by atoms with Gasteiger partial charge in [0.15, 0.2) is 0 Å². The average Bonchev–Trinajstić information content (AvgIpc) is 2.80. The first-order valence-electron chi connectivity index (χ1n) is 5.20. The van der Waals surface area contributed by atoms with E-state index in [0.29, 0.717) is 5.69 Å². The van der Waals surface area contributed by atoms with Crippen LogP contribution in [0.2, 0.25) is 0 Å². The molecule has 0 saturated heterocycles. The van der Waals surface area contributed by atoms with Crippen molar-refractivity contribution >= 4 is 18.0 Å². The van der Waals surface area contributed by atoms with Crippen LogP contribution in [0.5, 0.6) is 0 Å². The van der Waals surface area contributed by atoms with Crippen molar-refractivity contribution in [2.45, 2.75) is 13.1 Å². The van der Waals surface area contributed by atoms with Crippen molar-refractivity contribution < 1.29 is 24.2 Å². The Kier molecular flexibility index (Phi) is 5.26. The summed E-state index contributed by atoms with van der Waals surface area (Å²) in [6, 6.07) is -0.571. The van der Waals surface area contributed by atoms with Crippen LogP contribution in [0.15, 0.2) is 6.20 Å². The van der Waals surface area contributed by atoms with Crippen LogP contribution in [0, 0.1) is 0 Å². The van der Waals surface area contributed by atoms with Gasteiger partial charge >= 0.3 is 18.0 Å². The molecule has 0 aliphatic heterocycles. The monoisotopic (exact) mass is 271 g/mol. The minimum Gasteiger partial charge on any atom is -0.480 e. The number of esters is 1. The number of nitrogens with one attached hydrogen (secondary N) is 2. The van der Waals surface area contributed by atoms with Crippen LogP contribution in [0.25, 0.3) is 0 Å². The van der Waals surface area contributed by atoms with E-state index in [-0.39, 0.29) is 19.6 Å². The fourth-order valence-corrected chi connectivity index (χ4v) is 1.09. The lowest BCUT2D eigenvalue weighted by Crippen LogP contribution is -2.38. The number of rotatable bonds is 6. The van der Waals surface area contributed by atoms with Crippen LogP contribution in [-0.2, 0) is 27.4 Å². The Morgan fingerprint density at radius 1 is 1.42 bits per heavy atom. The Morgan fingerprint density at radius 2 is 2.16 bits per heavy atom. The zero-order valence-corrected chi connectivity index (χ0v) is 10.1. The smallest absolute Gasteiger partial charge is 0.325 e. The van der Waals surface area contributed by atoms with E-state index < -0.39 is 18.0 Å². The normalized spacial score (nSPS) is 9.74. The van der Waals surface area contributed by atoms with Crippen LogP contribution in [0.3, 0.4) is 0 Å². The fourth-order valence-electron chi connectivity index (χ4n) is 1.09. The fraction of sp³-hybridized carbons (Fsp3) is 0.444. The number of nitrogens with zero attached hydrogens (tertiary/aromatic N) is 3. The average molecular weight is 271 g/mol. The van der Waals surface area contributed by atoms with E-state index in [1.54, 1.807) is 0 Å². The van der Waals surface area contributed by atoms with Crippen molar-refractivity contribution in [3.05, 3.63) is 11.9 Å². The standard InChI is InChI=1S/C9H13N5O5/c1-19-8(17)3-11-9(18)10-2-6-4-14(13-12-6)5-7(15)16/h4H,2-3,5H2,1H3,(H,15,16)(H2,10,11,18). The summed E-state index contributed by atoms with van der Waals surface area (Å²) in [6.07, 6.45) is 1.40. The number of aliphatic carboxylic acids is 1. The number of amides is 2. The van der Waals surface area contributed by atoms with Crippen LogP contribution in [0.1, 0.15) is 5.69 Å². The van der Waals surface area contributed by atoms with Crippen molar-refractivity contribution in [2.24, 2.45) is 0 Å². The van der Waals surface area contributed by atoms with Crippen molar-refractivity contribution in [1.29, 1.82) is 0 Å². The molecule has 10 nitrogen and oxygen atoms in total. The SMILES string of the molecule is COC(=O)CNC(=O)NCc1cn(CC(=O)O)nn1. The number of carboxylic acids is 1. The van der Waals surface area contributed by atoms with E-state index in [0.717, 1.165) is 4.68 Å². The molecule has 10 heteroatoms. The molecule has 0 unspecified atom stereocenters. The number of ether oxygens (including phenoxy) is 1. The van der Waals surface area contributed by atoms with E-state index in [1.165, 1.54) is 13.3 Å². The largest absolute Gasteiger partial charge is 0.480 e. The summed E-state index contributed by atoms with van der Waals surface area (Å²) in [7, 11) is 1.21. The van der Waals surface area contributed by atoms with E-state index >= 15 is 0 Å². The third-order valence-corrected chi connectivity index (χ3v) is 1.93. The predicted molar refractivity (Wildman–Crippen MR) is 59.9 cm³/mol. The molecule has 0 aliphatic carbocycles. The first-order chi connectivity index (χ1) is 9.01. The second-order valence-corrected chi connectivity index (χ2v) is 3.41. The van der Waals surface area contributed by atoms with E-state index in [2.05, 4.69) is 25.7 Å². The molecule has 1 aromatic rings. The molecule has 1 rings (SSSR count). The molecule has 2 amide bonds. The zero-order valence-electron chi connectivity index (χ0n) is 10.1. The van der Waals surface area contributed by atoms with Gasteiger partial charge in [-0.15, -0.1) is 5.10 Å². The molecule has 104 valence electrons. The first kappa shape index (κ1) is 14.4. The number of carbonyl (C=O) groups excluding carboxylic acids is 2. The molecule has 0 spiro atoms. The van der Waals surface area contributed by atoms with Gasteiger partial charge in [0, 0.05) is 0 Å². The third-order valence-electron chi connectivity index (χ3n) is 1.93. The van der Waals surface area contributed by atoms with Gasteiger partial charge in [-0.05, 0) is 0 Å². The van der Waals surface area contributed by atoms with Crippen molar-refractivity contribution in [2.75, 3.05) is 13.7 Å². The second kappa shape index (κ2) is 6.93. The van der Waals surface area contributed by atoms with Gasteiger partial charge in [-0.1, -0.05) is 5.21 Å². The molecular weight excluding hydrogens is 258 g/mol. The highest BCUT2D eigenvalue weighted by molar-refractivity contribution is 5.80. The lowest BCUT2D eigenvalue weighted by Gasteiger charge is -2.04. The predicted octanol–water partition coefficient (Wildman–Crippen LogP) is -1.67. The highest BCUT2D eigenvalue weighted by atomic mass is 16.5. The molecule has 0 saturated carbocycles. The number of aromatic nitrogens is 3. The van der Waals surface area contributed by atoms with Gasteiger partial charge in [-0.3, -0.25) is 9.59 Å². The second-order valence-electron chi connectivity index (χ2n) is 3.41. The van der Waals surface area contributed by atoms with Gasteiger partial charge in [0.2, 0.25) is 0 Å². The lowest BCUT2D eigenvalue weighted by molar-refractivity contribution is -0.139. The highest BCUT2D eigenvalue weighted by Gasteiger charge is 2.07. The number of methoxy groups -OCH3 is 1. The van der Waals surface area contributed by atoms with Crippen LogP contribution >= 0.6 is 0 Å². The number of carbonyl (C=O) groups is 3. The van der Waals surface area contributed by atoms with E-state index in [4.69, 9.17) is 5.11 Å². The van der Waals surface area contributed by atoms with Gasteiger partial charge in [0.25, 0.3) is 0 Å². The van der Waals surface area contributed by atoms with Crippen LogP contribution in [-0.4, -0.2) is 51.7 Å². The molecule has 3 N–H and O–H groups in total. The molecule has 0 atom stereocenters. The summed E-state index contributed by atoms with van der Waals surface area (Å²) in [5.41, 5.74) is 0.398. The Balaban J connectivity index is 2.32. The Morgan fingerprint density at radius 3 is 2.79 bits per heavy atom. The van der Waals surface area contributed by atoms with Gasteiger partial charge in [-0.25, -0.2) is 9.48 Å². The highest BCUT2D eigenvalue weighted by Crippen LogP contribution is 1.92. The Hall–Kier alpha value is -2.65. The summed E-state index contributed by atoms with van der Waals surface area (Å²) >= 11 is 0. The van der Waals surface area contributed by atoms with E-state index in [1.807, 2.05) is 0 Å². The summed E-state index contributed by atoms with van der Waals surface area (Å²) < 4.78 is 5.47. The summed E-state index contributed by atoms with van der Waals surface area (Å²) in [5, 5.41) is 20.5. The van der Waals surface area contributed by atoms with Gasteiger partial charge < -0.3 is 20.5 Å². The maximum absolute atomic E-state index is 11.2. The van der Waals surface area contributed by atoms with Crippen molar-refractivity contribution in [3.8, 4) is 0 Å². The summed E-state index contributed by atoms with van der Waals surface area (Å²) in [6.45, 7) is -0.484. The Bertz CT molecular complexity index is 471. The maximum Gasteiger partial charge on any atom is 0.325 e. The van der Waals surface area contributed by atoms with Gasteiger partial charge in [-0.2, -0.15) is 0 Å². The quantitative estimate of drug-likeness (QED) is 0.526. The summed E-state index contributed by atoms with van der Waals surface area (Å²) in [5.74, 6) is -1.61. The number of urea groups is 1. The Labute approximate surface area is 107 Å². The molecule has 0 radical (unpaired) electrons. The van der Waals surface area contributed by atoms with Gasteiger partial charge in [0.05, 0.1) is 19.9 Å². The molecule has 0 aliphatic rings. The molecular formula is C9H13N5O5. The van der Waals surface area contributed by atoms with Crippen molar-refractivity contribution in [3.63, 3.8) is 0 Å². The lowest BCUT2D eigenvalue weighted by atomic mass is 10.4. The minimum absolute atomic E-state index is 0.0621. The maximum atomic E-state index is 11.2. The van der Waals surface area contributed by atoms with Crippen molar-refractivity contribution in [1.82, 2.24) is 25.6 Å².